The first-order chi connectivity index (χ1) is 29.2. The van der Waals surface area contributed by atoms with Crippen LogP contribution in [0.5, 0.6) is 0 Å². The molecule has 5 aromatic rings. The minimum absolute atomic E-state index is 0.0409. The smallest absolute Gasteiger partial charge is 0.134 e. The second-order valence-corrected chi connectivity index (χ2v) is 23.8. The van der Waals surface area contributed by atoms with Crippen molar-refractivity contribution in [1.29, 1.82) is 0 Å². The Bertz CT molecular complexity index is 2170. The summed E-state index contributed by atoms with van der Waals surface area (Å²) in [6, 6.07) is 35.7. The lowest BCUT2D eigenvalue weighted by molar-refractivity contribution is -0.121. The maximum Gasteiger partial charge on any atom is 0.134 e. The second kappa shape index (κ2) is 17.8. The molecule has 0 amide bonds. The highest BCUT2D eigenvalue weighted by atomic mass is 31.1. The highest BCUT2D eigenvalue weighted by Crippen LogP contribution is 2.73. The summed E-state index contributed by atoms with van der Waals surface area (Å²) in [5.74, 6) is 1.92. The van der Waals surface area contributed by atoms with Gasteiger partial charge in [-0.15, -0.1) is 0 Å². The van der Waals surface area contributed by atoms with Crippen molar-refractivity contribution < 1.29 is 4.79 Å². The van der Waals surface area contributed by atoms with Crippen molar-refractivity contribution in [3.63, 3.8) is 0 Å². The lowest BCUT2D eigenvalue weighted by atomic mass is 9.78. The van der Waals surface area contributed by atoms with Gasteiger partial charge in [0.2, 0.25) is 0 Å². The van der Waals surface area contributed by atoms with Crippen molar-refractivity contribution in [2.45, 2.75) is 180 Å². The number of carbonyl (C=O) groups excluding carboxylic acids is 1. The maximum atomic E-state index is 14.5. The molecule has 0 bridgehead atoms. The van der Waals surface area contributed by atoms with Crippen LogP contribution in [0.15, 0.2) is 91.0 Å². The van der Waals surface area contributed by atoms with Gasteiger partial charge in [-0.05, 0) is 146 Å². The summed E-state index contributed by atoms with van der Waals surface area (Å²) in [7, 11) is -0.748. The number of benzene rings is 5. The van der Waals surface area contributed by atoms with Crippen molar-refractivity contribution in [2.24, 2.45) is 0 Å². The predicted molar refractivity (Wildman–Crippen MR) is 266 cm³/mol. The summed E-state index contributed by atoms with van der Waals surface area (Å²) < 4.78 is 0. The summed E-state index contributed by atoms with van der Waals surface area (Å²) >= 11 is 0. The van der Waals surface area contributed by atoms with E-state index in [9.17, 15) is 4.79 Å². The van der Waals surface area contributed by atoms with Crippen molar-refractivity contribution in [1.82, 2.24) is 0 Å². The van der Waals surface area contributed by atoms with Crippen LogP contribution in [0.4, 0.5) is 0 Å². The molecule has 0 atom stereocenters. The number of hydrogen-bond acceptors (Lipinski definition) is 1. The van der Waals surface area contributed by atoms with Gasteiger partial charge >= 0.3 is 0 Å². The topological polar surface area (TPSA) is 17.1 Å². The molecule has 3 fully saturated rings. The van der Waals surface area contributed by atoms with Crippen molar-refractivity contribution >= 4 is 19.0 Å². The Kier molecular flexibility index (Phi) is 12.8. The number of carbonyl (C=O) groups is 1. The average Bonchev–Trinajstić information content (AvgIpc) is 3.23. The Balaban J connectivity index is 1.54. The molecule has 5 aromatic carbocycles. The van der Waals surface area contributed by atoms with E-state index in [2.05, 4.69) is 160 Å². The molecule has 2 heteroatoms. The fraction of sp³-hybridized carbons (Fsp3) is 0.475. The Hall–Kier alpha value is -3.80. The highest BCUT2D eigenvalue weighted by Gasteiger charge is 2.57. The molecule has 2 aliphatic carbocycles. The first-order valence-corrected chi connectivity index (χ1v) is 25.5. The molecule has 0 N–H and O–H groups in total. The Labute approximate surface area is 371 Å². The third kappa shape index (κ3) is 8.16. The summed E-state index contributed by atoms with van der Waals surface area (Å²) in [6.07, 6.45) is 13.9. The quantitative estimate of drug-likeness (QED) is 0.135. The third-order valence-corrected chi connectivity index (χ3v) is 19.2. The van der Waals surface area contributed by atoms with Crippen molar-refractivity contribution in [3.05, 3.63) is 124 Å². The molecule has 1 saturated heterocycles. The van der Waals surface area contributed by atoms with Gasteiger partial charge in [0, 0.05) is 23.2 Å². The molecule has 1 heterocycles. The van der Waals surface area contributed by atoms with E-state index >= 15 is 0 Å². The lowest BCUT2D eigenvalue weighted by Gasteiger charge is -2.58. The van der Waals surface area contributed by atoms with E-state index in [1.165, 1.54) is 142 Å². The molecule has 0 unspecified atom stereocenters. The van der Waals surface area contributed by atoms with Gasteiger partial charge in [-0.25, -0.2) is 0 Å². The van der Waals surface area contributed by atoms with Crippen LogP contribution in [-0.4, -0.2) is 16.1 Å². The molecular formula is C59H73OP. The van der Waals surface area contributed by atoms with E-state index in [-0.39, 0.29) is 10.3 Å². The molecule has 8 rings (SSSR count). The first-order valence-electron chi connectivity index (χ1n) is 24.2. The van der Waals surface area contributed by atoms with Crippen molar-refractivity contribution in [2.75, 3.05) is 0 Å². The Morgan fingerprint density at radius 1 is 0.443 bits per heavy atom. The Morgan fingerprint density at radius 3 is 1.10 bits per heavy atom. The fourth-order valence-electron chi connectivity index (χ4n) is 12.3. The summed E-state index contributed by atoms with van der Waals surface area (Å²) in [5.41, 5.74) is 19.8. The molecule has 0 aromatic heterocycles. The van der Waals surface area contributed by atoms with Gasteiger partial charge in [0.15, 0.2) is 0 Å². The van der Waals surface area contributed by atoms with Gasteiger partial charge in [-0.1, -0.05) is 193 Å². The maximum absolute atomic E-state index is 14.5. The van der Waals surface area contributed by atoms with E-state index in [1.54, 1.807) is 5.30 Å². The number of ketones is 1. The lowest BCUT2D eigenvalue weighted by Crippen LogP contribution is -2.51. The van der Waals surface area contributed by atoms with Crippen LogP contribution in [0, 0.1) is 13.8 Å². The molecule has 1 nitrogen and oxygen atoms in total. The van der Waals surface area contributed by atoms with E-state index in [0.717, 1.165) is 12.8 Å². The van der Waals surface area contributed by atoms with Gasteiger partial charge in [-0.2, -0.15) is 0 Å². The third-order valence-electron chi connectivity index (χ3n) is 15.2. The standard InChI is InChI=1S/C59H73OP/c1-38(2)51-32-44(47-24-15-13-22-42(47)9)33-52(39(3)4)55(51)49-26-21-27-50(56-53(40(5)6)34-45(35-54(56)41(7)8)48-25-16-14-23-43(48)10)57(49)61-58(28-17-11-18-29-58)36-46(60)37-59(61)30-19-12-20-31-59/h13-16,21-27,32-35,38-41H,11-12,17-20,28-31,36-37H2,1-10H3. The molecule has 61 heavy (non-hydrogen) atoms. The van der Waals surface area contributed by atoms with Crippen LogP contribution in [0.25, 0.3) is 44.5 Å². The van der Waals surface area contributed by atoms with Crippen LogP contribution in [-0.2, 0) is 4.79 Å². The fourth-order valence-corrected chi connectivity index (χ4v) is 17.3. The minimum atomic E-state index is -0.748. The van der Waals surface area contributed by atoms with Crippen LogP contribution in [0.1, 0.15) is 189 Å². The zero-order chi connectivity index (χ0) is 43.2. The van der Waals surface area contributed by atoms with Crippen LogP contribution in [0.3, 0.4) is 0 Å². The van der Waals surface area contributed by atoms with E-state index in [4.69, 9.17) is 0 Å². The summed E-state index contributed by atoms with van der Waals surface area (Å²) in [4.78, 5) is 14.5. The average molecular weight is 829 g/mol. The molecule has 0 radical (unpaired) electrons. The van der Waals surface area contributed by atoms with Gasteiger partial charge in [0.05, 0.1) is 0 Å². The zero-order valence-electron chi connectivity index (χ0n) is 39.3. The van der Waals surface area contributed by atoms with Gasteiger partial charge in [-0.3, -0.25) is 4.79 Å². The number of rotatable bonds is 9. The Morgan fingerprint density at radius 2 is 0.770 bits per heavy atom. The van der Waals surface area contributed by atoms with E-state index in [1.807, 2.05) is 0 Å². The number of aryl methyl sites for hydroxylation is 2. The molecular weight excluding hydrogens is 756 g/mol. The van der Waals surface area contributed by atoms with Gasteiger partial charge in [0.25, 0.3) is 0 Å². The molecule has 1 aliphatic heterocycles. The number of Topliss-reactive ketones (excluding diaryl/α,β-unsaturated/α-hetero) is 1. The molecule has 3 aliphatic rings. The van der Waals surface area contributed by atoms with E-state index < -0.39 is 7.92 Å². The van der Waals surface area contributed by atoms with Crippen molar-refractivity contribution in [3.8, 4) is 44.5 Å². The molecule has 320 valence electrons. The normalized spacial score (nSPS) is 18.0. The predicted octanol–water partition coefficient (Wildman–Crippen LogP) is 17.3. The second-order valence-electron chi connectivity index (χ2n) is 20.8. The SMILES string of the molecule is Cc1ccccc1-c1cc(C(C)C)c(-c2cccc(-c3c(C(C)C)cc(-c4ccccc4C)cc3C(C)C)c2P2C3(CCCCC3)CC(=O)CC23CCCCC3)c(C(C)C)c1. The molecule has 2 saturated carbocycles. The largest absolute Gasteiger partial charge is 0.300 e. The summed E-state index contributed by atoms with van der Waals surface area (Å²) in [5, 5.41) is 1.73. The number of hydrogen-bond donors (Lipinski definition) is 0. The van der Waals surface area contributed by atoms with Crippen LogP contribution >= 0.6 is 7.92 Å². The highest BCUT2D eigenvalue weighted by molar-refractivity contribution is 7.69. The van der Waals surface area contributed by atoms with Crippen LogP contribution < -0.4 is 5.30 Å². The zero-order valence-corrected chi connectivity index (χ0v) is 40.2. The monoisotopic (exact) mass is 829 g/mol. The minimum Gasteiger partial charge on any atom is -0.300 e. The molecule has 2 spiro atoms. The summed E-state index contributed by atoms with van der Waals surface area (Å²) in [6.45, 7) is 23.9. The first kappa shape index (κ1) is 43.8. The van der Waals surface area contributed by atoms with Crippen LogP contribution in [0.2, 0.25) is 0 Å². The van der Waals surface area contributed by atoms with E-state index in [0.29, 0.717) is 29.5 Å². The van der Waals surface area contributed by atoms with Gasteiger partial charge < -0.3 is 0 Å². The van der Waals surface area contributed by atoms with Gasteiger partial charge in [0.1, 0.15) is 5.78 Å².